The second kappa shape index (κ2) is 4.14. The van der Waals surface area contributed by atoms with Crippen LogP contribution in [0.15, 0.2) is 30.3 Å². The molecule has 0 heterocycles. The van der Waals surface area contributed by atoms with Crippen LogP contribution in [0.3, 0.4) is 0 Å². The lowest BCUT2D eigenvalue weighted by Crippen LogP contribution is -2.32. The van der Waals surface area contributed by atoms with Crippen LogP contribution in [-0.4, -0.2) is 25.0 Å². The molecule has 0 aliphatic heterocycles. The van der Waals surface area contributed by atoms with Gasteiger partial charge in [0.1, 0.15) is 0 Å². The predicted octanol–water partition coefficient (Wildman–Crippen LogP) is 2.33. The van der Waals surface area contributed by atoms with E-state index in [4.69, 9.17) is 11.8 Å². The van der Waals surface area contributed by atoms with Crippen molar-refractivity contribution in [3.05, 3.63) is 30.3 Å². The third kappa shape index (κ3) is 2.36. The van der Waals surface area contributed by atoms with Crippen LogP contribution in [0.25, 0.3) is 0 Å². The number of anilines is 1. The summed E-state index contributed by atoms with van der Waals surface area (Å²) in [6, 6.07) is 8.81. The number of amides is 2. The highest BCUT2D eigenvalue weighted by molar-refractivity contribution is 6.36. The van der Waals surface area contributed by atoms with Crippen molar-refractivity contribution in [3.8, 4) is 0 Å². The summed E-state index contributed by atoms with van der Waals surface area (Å²) >= 11 is 5.79. The molecule has 0 bridgehead atoms. The molecule has 3 nitrogen and oxygen atoms in total. The van der Waals surface area contributed by atoms with Crippen LogP contribution in [0.5, 0.6) is 0 Å². The van der Waals surface area contributed by atoms with Crippen molar-refractivity contribution >= 4 is 23.5 Å². The number of para-hydroxylation sites is 1. The number of hydrogen-bond acceptors (Lipinski definition) is 1. The predicted molar refractivity (Wildman–Crippen MR) is 53.9 cm³/mol. The Morgan fingerprint density at radius 1 is 1.23 bits per heavy atom. The van der Waals surface area contributed by atoms with Gasteiger partial charge in [0.05, 0.1) is 5.69 Å². The van der Waals surface area contributed by atoms with Gasteiger partial charge in [-0.2, -0.15) is 0 Å². The first-order chi connectivity index (χ1) is 6.13. The lowest BCUT2D eigenvalue weighted by molar-refractivity contribution is 0.227. The van der Waals surface area contributed by atoms with E-state index >= 15 is 0 Å². The molecular weight excluding hydrogens is 188 g/mol. The summed E-state index contributed by atoms with van der Waals surface area (Å²) in [4.78, 5) is 12.8. The summed E-state index contributed by atoms with van der Waals surface area (Å²) in [5.41, 5.74) is 0.669. The van der Waals surface area contributed by atoms with E-state index in [2.05, 4.69) is 0 Å². The SMILES string of the molecule is CN(C)C(=O)N(Cl)c1ccccc1. The fourth-order valence-corrected chi connectivity index (χ4v) is 1.11. The topological polar surface area (TPSA) is 23.6 Å². The zero-order valence-corrected chi connectivity index (χ0v) is 8.32. The molecule has 70 valence electrons. The maximum atomic E-state index is 11.4. The highest BCUT2D eigenvalue weighted by atomic mass is 35.5. The number of nitrogens with zero attached hydrogens (tertiary/aromatic N) is 2. The van der Waals surface area contributed by atoms with Gasteiger partial charge >= 0.3 is 6.03 Å². The van der Waals surface area contributed by atoms with Gasteiger partial charge in [0.15, 0.2) is 0 Å². The van der Waals surface area contributed by atoms with Gasteiger partial charge in [0.25, 0.3) is 0 Å². The van der Waals surface area contributed by atoms with Gasteiger partial charge in [-0.1, -0.05) is 18.2 Å². The third-order valence-corrected chi connectivity index (χ3v) is 1.87. The minimum Gasteiger partial charge on any atom is -0.329 e. The smallest absolute Gasteiger partial charge is 0.329 e. The van der Waals surface area contributed by atoms with E-state index in [1.54, 1.807) is 26.2 Å². The summed E-state index contributed by atoms with van der Waals surface area (Å²) in [6.45, 7) is 0. The molecule has 0 aromatic heterocycles. The fourth-order valence-electron chi connectivity index (χ4n) is 0.845. The van der Waals surface area contributed by atoms with Crippen molar-refractivity contribution in [2.24, 2.45) is 0 Å². The van der Waals surface area contributed by atoms with E-state index in [0.717, 1.165) is 4.42 Å². The first-order valence-corrected chi connectivity index (χ1v) is 4.19. The van der Waals surface area contributed by atoms with Crippen molar-refractivity contribution in [1.82, 2.24) is 4.90 Å². The normalized spacial score (nSPS) is 9.46. The molecule has 0 unspecified atom stereocenters. The van der Waals surface area contributed by atoms with Gasteiger partial charge in [-0.3, -0.25) is 0 Å². The average Bonchev–Trinajstić information content (AvgIpc) is 2.17. The number of rotatable bonds is 1. The highest BCUT2D eigenvalue weighted by Crippen LogP contribution is 2.16. The minimum absolute atomic E-state index is 0.257. The van der Waals surface area contributed by atoms with E-state index in [1.807, 2.05) is 18.2 Å². The molecule has 0 saturated heterocycles. The fraction of sp³-hybridized carbons (Fsp3) is 0.222. The molecule has 0 atom stereocenters. The summed E-state index contributed by atoms with van der Waals surface area (Å²) in [6.07, 6.45) is 0. The van der Waals surface area contributed by atoms with Crippen LogP contribution in [0, 0.1) is 0 Å². The van der Waals surface area contributed by atoms with Crippen LogP contribution in [0.2, 0.25) is 0 Å². The molecule has 0 saturated carbocycles. The Morgan fingerprint density at radius 2 is 1.77 bits per heavy atom. The Morgan fingerprint density at radius 3 is 2.23 bits per heavy atom. The molecule has 1 aromatic carbocycles. The molecule has 4 heteroatoms. The number of benzene rings is 1. The first-order valence-electron chi connectivity index (χ1n) is 3.85. The summed E-state index contributed by atoms with van der Waals surface area (Å²) in [5, 5.41) is 0. The number of hydrogen-bond donors (Lipinski definition) is 0. The lowest BCUT2D eigenvalue weighted by Gasteiger charge is -2.18. The standard InChI is InChI=1S/C9H11ClN2O/c1-11(2)9(13)12(10)8-6-4-3-5-7-8/h3-7H,1-2H3. The second-order valence-corrected chi connectivity index (χ2v) is 3.13. The Balaban J connectivity index is 2.80. The van der Waals surface area contributed by atoms with Crippen LogP contribution in [0.4, 0.5) is 10.5 Å². The molecule has 0 N–H and O–H groups in total. The van der Waals surface area contributed by atoms with Crippen LogP contribution >= 0.6 is 11.8 Å². The molecule has 13 heavy (non-hydrogen) atoms. The van der Waals surface area contributed by atoms with Gasteiger partial charge in [0.2, 0.25) is 0 Å². The van der Waals surface area contributed by atoms with Crippen molar-refractivity contribution in [1.29, 1.82) is 0 Å². The second-order valence-electron chi connectivity index (χ2n) is 2.79. The first kappa shape index (κ1) is 9.86. The van der Waals surface area contributed by atoms with Crippen molar-refractivity contribution in [2.45, 2.75) is 0 Å². The van der Waals surface area contributed by atoms with E-state index in [1.165, 1.54) is 4.90 Å². The largest absolute Gasteiger partial charge is 0.338 e. The zero-order chi connectivity index (χ0) is 9.84. The summed E-state index contributed by atoms with van der Waals surface area (Å²) in [7, 11) is 3.31. The highest BCUT2D eigenvalue weighted by Gasteiger charge is 2.13. The van der Waals surface area contributed by atoms with Gasteiger partial charge in [-0.05, 0) is 12.1 Å². The lowest BCUT2D eigenvalue weighted by atomic mass is 10.3. The number of urea groups is 1. The van der Waals surface area contributed by atoms with E-state index < -0.39 is 0 Å². The van der Waals surface area contributed by atoms with Gasteiger partial charge in [-0.15, -0.1) is 0 Å². The van der Waals surface area contributed by atoms with Crippen molar-refractivity contribution < 1.29 is 4.79 Å². The minimum atomic E-state index is -0.257. The third-order valence-electron chi connectivity index (χ3n) is 1.53. The molecule has 0 radical (unpaired) electrons. The Hall–Kier alpha value is -1.22. The van der Waals surface area contributed by atoms with Crippen LogP contribution in [-0.2, 0) is 0 Å². The van der Waals surface area contributed by atoms with Crippen LogP contribution < -0.4 is 4.42 Å². The quantitative estimate of drug-likeness (QED) is 0.636. The molecular formula is C9H11ClN2O. The number of halogens is 1. The van der Waals surface area contributed by atoms with Crippen LogP contribution in [0.1, 0.15) is 0 Å². The number of carbonyl (C=O) groups is 1. The molecule has 1 aromatic rings. The Labute approximate surface area is 82.6 Å². The van der Waals surface area contributed by atoms with Crippen molar-refractivity contribution in [3.63, 3.8) is 0 Å². The average molecular weight is 199 g/mol. The maximum absolute atomic E-state index is 11.4. The Kier molecular flexibility index (Phi) is 3.14. The van der Waals surface area contributed by atoms with Crippen molar-refractivity contribution in [2.75, 3.05) is 18.5 Å². The number of carbonyl (C=O) groups excluding carboxylic acids is 1. The molecule has 0 spiro atoms. The molecule has 0 aliphatic carbocycles. The Bertz CT molecular complexity index is 287. The molecule has 0 aliphatic rings. The maximum Gasteiger partial charge on any atom is 0.338 e. The van der Waals surface area contributed by atoms with Gasteiger partial charge < -0.3 is 4.90 Å². The van der Waals surface area contributed by atoms with Gasteiger partial charge in [-0.25, -0.2) is 9.21 Å². The monoisotopic (exact) mass is 198 g/mol. The molecule has 1 rings (SSSR count). The van der Waals surface area contributed by atoms with E-state index in [9.17, 15) is 4.79 Å². The van der Waals surface area contributed by atoms with E-state index in [-0.39, 0.29) is 6.03 Å². The summed E-state index contributed by atoms with van der Waals surface area (Å²) in [5.74, 6) is 0. The van der Waals surface area contributed by atoms with Gasteiger partial charge in [0, 0.05) is 25.9 Å². The molecule has 2 amide bonds. The molecule has 0 fully saturated rings. The van der Waals surface area contributed by atoms with E-state index in [0.29, 0.717) is 5.69 Å². The zero-order valence-electron chi connectivity index (χ0n) is 7.57. The summed E-state index contributed by atoms with van der Waals surface area (Å²) < 4.78 is 1.08.